The summed E-state index contributed by atoms with van der Waals surface area (Å²) >= 11 is 1.51. The van der Waals surface area contributed by atoms with Gasteiger partial charge in [-0.25, -0.2) is 4.98 Å². The number of hydrogen-bond acceptors (Lipinski definition) is 7. The van der Waals surface area contributed by atoms with Crippen LogP contribution < -0.4 is 20.9 Å². The average molecular weight is 527 g/mol. The van der Waals surface area contributed by atoms with E-state index in [9.17, 15) is 9.59 Å². The number of benzene rings is 2. The maximum atomic E-state index is 12.8. The molecular formula is C29H30N6O2S. The molecule has 0 bridgehead atoms. The zero-order chi connectivity index (χ0) is 26.4. The van der Waals surface area contributed by atoms with Crippen molar-refractivity contribution in [2.75, 3.05) is 55.3 Å². The van der Waals surface area contributed by atoms with Gasteiger partial charge in [0.2, 0.25) is 5.91 Å². The first kappa shape index (κ1) is 24.4. The van der Waals surface area contributed by atoms with E-state index >= 15 is 0 Å². The Balaban J connectivity index is 1.41. The first-order valence-corrected chi connectivity index (χ1v) is 13.7. The highest BCUT2D eigenvalue weighted by Crippen LogP contribution is 2.41. The van der Waals surface area contributed by atoms with Gasteiger partial charge in [-0.05, 0) is 56.4 Å². The molecule has 9 heteroatoms. The molecule has 38 heavy (non-hydrogen) atoms. The van der Waals surface area contributed by atoms with Crippen LogP contribution in [0, 0.1) is 0 Å². The van der Waals surface area contributed by atoms with E-state index in [0.29, 0.717) is 11.4 Å². The van der Waals surface area contributed by atoms with Gasteiger partial charge < -0.3 is 25.8 Å². The molecule has 0 saturated carbocycles. The topological polar surface area (TPSA) is 89.6 Å². The van der Waals surface area contributed by atoms with Crippen molar-refractivity contribution in [3.63, 3.8) is 0 Å². The van der Waals surface area contributed by atoms with Gasteiger partial charge in [0.05, 0.1) is 28.3 Å². The number of anilines is 3. The van der Waals surface area contributed by atoms with Crippen molar-refractivity contribution in [3.05, 3.63) is 60.0 Å². The van der Waals surface area contributed by atoms with Crippen molar-refractivity contribution in [1.82, 2.24) is 15.2 Å². The summed E-state index contributed by atoms with van der Waals surface area (Å²) in [6.07, 6.45) is 1.29. The van der Waals surface area contributed by atoms with Crippen LogP contribution in [0.3, 0.4) is 0 Å². The van der Waals surface area contributed by atoms with Crippen LogP contribution in [-0.2, 0) is 4.79 Å². The van der Waals surface area contributed by atoms with Crippen molar-refractivity contribution < 1.29 is 9.59 Å². The predicted octanol–water partition coefficient (Wildman–Crippen LogP) is 4.54. The normalized spacial score (nSPS) is 18.0. The molecule has 3 N–H and O–H groups in total. The summed E-state index contributed by atoms with van der Waals surface area (Å²) in [6, 6.07) is 14.3. The molecule has 2 amide bonds. The summed E-state index contributed by atoms with van der Waals surface area (Å²) in [4.78, 5) is 35.3. The zero-order valence-corrected chi connectivity index (χ0v) is 22.3. The minimum Gasteiger partial charge on any atom is -0.381 e. The van der Waals surface area contributed by atoms with Gasteiger partial charge in [0.1, 0.15) is 4.88 Å². The summed E-state index contributed by atoms with van der Waals surface area (Å²) < 4.78 is 1.06. The fraction of sp³-hybridized carbons (Fsp3) is 0.276. The molecule has 0 unspecified atom stereocenters. The van der Waals surface area contributed by atoms with Crippen LogP contribution in [0.5, 0.6) is 0 Å². The van der Waals surface area contributed by atoms with E-state index in [2.05, 4.69) is 57.6 Å². The monoisotopic (exact) mass is 526 g/mol. The van der Waals surface area contributed by atoms with Crippen LogP contribution in [0.15, 0.2) is 55.1 Å². The highest BCUT2D eigenvalue weighted by molar-refractivity contribution is 7.21. The molecule has 194 valence electrons. The van der Waals surface area contributed by atoms with Crippen LogP contribution in [0.2, 0.25) is 0 Å². The van der Waals surface area contributed by atoms with Gasteiger partial charge in [-0.2, -0.15) is 0 Å². The predicted molar refractivity (Wildman–Crippen MR) is 157 cm³/mol. The molecule has 1 atom stereocenters. The molecule has 2 aliphatic rings. The molecule has 1 saturated heterocycles. The molecule has 4 heterocycles. The fourth-order valence-electron chi connectivity index (χ4n) is 5.19. The highest BCUT2D eigenvalue weighted by Gasteiger charge is 2.25. The Hall–Kier alpha value is -3.95. The number of nitrogens with zero attached hydrogens (tertiary/aromatic N) is 3. The number of piperazine rings is 1. The Morgan fingerprint density at radius 2 is 1.97 bits per heavy atom. The van der Waals surface area contributed by atoms with E-state index in [1.807, 2.05) is 31.2 Å². The summed E-state index contributed by atoms with van der Waals surface area (Å²) in [5.41, 5.74) is 5.23. The molecule has 0 spiro atoms. The summed E-state index contributed by atoms with van der Waals surface area (Å²) in [5, 5.41) is 11.6. The lowest BCUT2D eigenvalue weighted by Gasteiger charge is -2.35. The third kappa shape index (κ3) is 4.37. The Morgan fingerprint density at radius 1 is 1.16 bits per heavy atom. The van der Waals surface area contributed by atoms with Gasteiger partial charge in [0, 0.05) is 59.8 Å². The van der Waals surface area contributed by atoms with Crippen LogP contribution in [0.1, 0.15) is 16.6 Å². The number of nitrogens with one attached hydrogen (secondary N) is 3. The van der Waals surface area contributed by atoms with Gasteiger partial charge in [-0.15, -0.1) is 11.3 Å². The van der Waals surface area contributed by atoms with Gasteiger partial charge in [-0.3, -0.25) is 9.59 Å². The Kier molecular flexibility index (Phi) is 6.25. The van der Waals surface area contributed by atoms with E-state index in [0.717, 1.165) is 75.5 Å². The maximum Gasteiger partial charge on any atom is 0.263 e. The SMILES string of the molecule is C=CC(=O)Nc1cc(-c2ccc3c(ccc4sc5c(c43)NC[C@@H](C)NC5=O)n2)ccc1N1CCN(C)CC1. The van der Waals surface area contributed by atoms with Gasteiger partial charge >= 0.3 is 0 Å². The van der Waals surface area contributed by atoms with Crippen LogP contribution in [-0.4, -0.2) is 67.5 Å². The second kappa shape index (κ2) is 9.74. The number of carbonyl (C=O) groups excluding carboxylic acids is 2. The Bertz CT molecular complexity index is 1590. The quantitative estimate of drug-likeness (QED) is 0.339. The number of hydrogen-bond donors (Lipinski definition) is 3. The minimum absolute atomic E-state index is 0.0361. The van der Waals surface area contributed by atoms with Gasteiger partial charge in [0.25, 0.3) is 5.91 Å². The van der Waals surface area contributed by atoms with E-state index in [4.69, 9.17) is 4.98 Å². The summed E-state index contributed by atoms with van der Waals surface area (Å²) in [7, 11) is 2.12. The number of carbonyl (C=O) groups is 2. The van der Waals surface area contributed by atoms with Gasteiger partial charge in [0.15, 0.2) is 0 Å². The molecule has 2 aromatic carbocycles. The van der Waals surface area contributed by atoms with Crippen molar-refractivity contribution in [3.8, 4) is 11.3 Å². The van der Waals surface area contributed by atoms with Crippen molar-refractivity contribution in [1.29, 1.82) is 0 Å². The largest absolute Gasteiger partial charge is 0.381 e. The van der Waals surface area contributed by atoms with Crippen molar-refractivity contribution >= 4 is 61.2 Å². The van der Waals surface area contributed by atoms with Crippen LogP contribution in [0.25, 0.3) is 32.2 Å². The van der Waals surface area contributed by atoms with E-state index < -0.39 is 0 Å². The second-order valence-corrected chi connectivity index (χ2v) is 11.0. The van der Waals surface area contributed by atoms with E-state index in [1.165, 1.54) is 17.4 Å². The fourth-order valence-corrected chi connectivity index (χ4v) is 6.29. The number of aromatic nitrogens is 1. The molecular weight excluding hydrogens is 496 g/mol. The average Bonchev–Trinajstić information content (AvgIpc) is 3.25. The van der Waals surface area contributed by atoms with Gasteiger partial charge in [-0.1, -0.05) is 12.6 Å². The van der Waals surface area contributed by atoms with E-state index in [-0.39, 0.29) is 17.9 Å². The van der Waals surface area contributed by atoms with Crippen molar-refractivity contribution in [2.24, 2.45) is 0 Å². The molecule has 0 radical (unpaired) electrons. The van der Waals surface area contributed by atoms with Crippen LogP contribution >= 0.6 is 11.3 Å². The Morgan fingerprint density at radius 3 is 2.76 bits per heavy atom. The molecule has 6 rings (SSSR count). The standard InChI is InChI=1S/C29H30N6O2S/c1-4-25(36)33-22-15-18(5-9-23(22)35-13-11-34(3)12-14-35)20-7-6-19-21(32-20)8-10-24-26(19)27-28(38-24)29(37)31-17(2)16-30-27/h4-10,15,17,30H,1,11-14,16H2,2-3H3,(H,31,37)(H,33,36)/t17-/m1/s1. The number of pyridine rings is 1. The first-order chi connectivity index (χ1) is 18.4. The lowest BCUT2D eigenvalue weighted by Crippen LogP contribution is -2.44. The lowest BCUT2D eigenvalue weighted by molar-refractivity contribution is -0.111. The van der Waals surface area contributed by atoms with E-state index in [1.54, 1.807) is 0 Å². The lowest BCUT2D eigenvalue weighted by atomic mass is 10.0. The van der Waals surface area contributed by atoms with Crippen molar-refractivity contribution in [2.45, 2.75) is 13.0 Å². The molecule has 1 fully saturated rings. The molecule has 0 aliphatic carbocycles. The first-order valence-electron chi connectivity index (χ1n) is 12.8. The number of fused-ring (bicyclic) bond motifs is 5. The second-order valence-electron chi connectivity index (χ2n) is 9.98. The molecule has 2 aromatic heterocycles. The molecule has 2 aliphatic heterocycles. The molecule has 8 nitrogen and oxygen atoms in total. The minimum atomic E-state index is -0.240. The molecule has 4 aromatic rings. The summed E-state index contributed by atoms with van der Waals surface area (Å²) in [5.74, 6) is -0.277. The third-order valence-electron chi connectivity index (χ3n) is 7.27. The number of thiophene rings is 1. The zero-order valence-electron chi connectivity index (χ0n) is 21.5. The Labute approximate surface area is 225 Å². The smallest absolute Gasteiger partial charge is 0.263 e. The maximum absolute atomic E-state index is 12.8. The summed E-state index contributed by atoms with van der Waals surface area (Å²) in [6.45, 7) is 10.0. The number of amides is 2. The highest BCUT2D eigenvalue weighted by atomic mass is 32.1. The number of rotatable bonds is 4. The van der Waals surface area contributed by atoms with Crippen LogP contribution in [0.4, 0.5) is 17.1 Å². The third-order valence-corrected chi connectivity index (χ3v) is 8.42. The number of likely N-dealkylation sites (N-methyl/N-ethyl adjacent to an activating group) is 1.